The number of nitrogens with one attached hydrogen (secondary N) is 1. The molecule has 2 rings (SSSR count). The fraction of sp³-hybridized carbons (Fsp3) is 0.250. The Labute approximate surface area is 133 Å². The Hall–Kier alpha value is -1.77. The van der Waals surface area contributed by atoms with Gasteiger partial charge in [0, 0.05) is 11.3 Å². The number of carbonyl (C=O) groups excluding carboxylic acids is 1. The first-order valence-electron chi connectivity index (χ1n) is 6.66. The molecular weight excluding hydrogens is 300 g/mol. The van der Waals surface area contributed by atoms with Crippen molar-refractivity contribution in [2.24, 2.45) is 0 Å². The van der Waals surface area contributed by atoms with E-state index >= 15 is 0 Å². The van der Waals surface area contributed by atoms with E-state index in [1.807, 2.05) is 0 Å². The molecule has 0 bridgehead atoms. The molecule has 0 spiro atoms. The van der Waals surface area contributed by atoms with Crippen molar-refractivity contribution in [2.75, 3.05) is 11.1 Å². The van der Waals surface area contributed by atoms with Crippen molar-refractivity contribution in [3.8, 4) is 6.07 Å². The normalized spacial score (nSPS) is 10.1. The molecule has 0 aliphatic carbocycles. The summed E-state index contributed by atoms with van der Waals surface area (Å²) < 4.78 is 0. The molecule has 0 aliphatic rings. The van der Waals surface area contributed by atoms with Gasteiger partial charge in [0.05, 0.1) is 5.56 Å². The topological polar surface area (TPSA) is 52.9 Å². The van der Waals surface area contributed by atoms with Crippen LogP contribution in [0.1, 0.15) is 24.0 Å². The zero-order valence-corrected chi connectivity index (χ0v) is 13.4. The van der Waals surface area contributed by atoms with Crippen molar-refractivity contribution >= 4 is 34.0 Å². The van der Waals surface area contributed by atoms with Crippen LogP contribution in [-0.4, -0.2) is 11.7 Å². The number of nitrogens with zero attached hydrogens (tertiary/aromatic N) is 1. The standard InChI is InChI=1S/C16H16N2OS2/c1-12-4-6-14(7-5-12)20-9-2-3-15(19)18-16-13(11-17)8-10-21-16/h4-8,10H,2-3,9H2,1H3,(H,18,19). The van der Waals surface area contributed by atoms with Crippen LogP contribution in [0.15, 0.2) is 40.6 Å². The van der Waals surface area contributed by atoms with Gasteiger partial charge in [-0.15, -0.1) is 23.1 Å². The van der Waals surface area contributed by atoms with Crippen LogP contribution in [0.3, 0.4) is 0 Å². The van der Waals surface area contributed by atoms with Crippen LogP contribution in [0.4, 0.5) is 5.00 Å². The maximum Gasteiger partial charge on any atom is 0.225 e. The van der Waals surface area contributed by atoms with E-state index in [0.29, 0.717) is 17.0 Å². The third-order valence-corrected chi connectivity index (χ3v) is 4.80. The maximum absolute atomic E-state index is 11.8. The third-order valence-electron chi connectivity index (χ3n) is 2.88. The van der Waals surface area contributed by atoms with Crippen molar-refractivity contribution in [1.82, 2.24) is 0 Å². The molecule has 3 nitrogen and oxygen atoms in total. The van der Waals surface area contributed by atoms with Gasteiger partial charge in [-0.25, -0.2) is 0 Å². The van der Waals surface area contributed by atoms with Gasteiger partial charge in [0.2, 0.25) is 5.91 Å². The van der Waals surface area contributed by atoms with Crippen molar-refractivity contribution in [3.05, 3.63) is 46.8 Å². The summed E-state index contributed by atoms with van der Waals surface area (Å²) in [6, 6.07) is 12.2. The lowest BCUT2D eigenvalue weighted by Crippen LogP contribution is -2.11. The Morgan fingerprint density at radius 1 is 1.33 bits per heavy atom. The molecule has 1 amide bonds. The van der Waals surface area contributed by atoms with E-state index in [-0.39, 0.29) is 5.91 Å². The van der Waals surface area contributed by atoms with Crippen LogP contribution < -0.4 is 5.32 Å². The van der Waals surface area contributed by atoms with Crippen LogP contribution >= 0.6 is 23.1 Å². The minimum Gasteiger partial charge on any atom is -0.317 e. The summed E-state index contributed by atoms with van der Waals surface area (Å²) in [5, 5.41) is 14.1. The molecule has 5 heteroatoms. The monoisotopic (exact) mass is 316 g/mol. The zero-order valence-electron chi connectivity index (χ0n) is 11.8. The molecule has 0 atom stereocenters. The average Bonchev–Trinajstić information content (AvgIpc) is 2.92. The highest BCUT2D eigenvalue weighted by Gasteiger charge is 2.07. The number of hydrogen-bond acceptors (Lipinski definition) is 4. The van der Waals surface area contributed by atoms with Crippen LogP contribution in [-0.2, 0) is 4.79 Å². The molecule has 0 aliphatic heterocycles. The van der Waals surface area contributed by atoms with Crippen molar-refractivity contribution in [1.29, 1.82) is 5.26 Å². The number of benzene rings is 1. The zero-order chi connectivity index (χ0) is 15.1. The summed E-state index contributed by atoms with van der Waals surface area (Å²) >= 11 is 3.14. The fourth-order valence-corrected chi connectivity index (χ4v) is 3.35. The SMILES string of the molecule is Cc1ccc(SCCCC(=O)Nc2sccc2C#N)cc1. The molecule has 2 aromatic rings. The summed E-state index contributed by atoms with van der Waals surface area (Å²) in [7, 11) is 0. The van der Waals surface area contributed by atoms with Crippen LogP contribution in [0.25, 0.3) is 0 Å². The molecule has 0 unspecified atom stereocenters. The minimum absolute atomic E-state index is 0.0292. The number of anilines is 1. The minimum atomic E-state index is -0.0292. The Bertz CT molecular complexity index is 641. The highest BCUT2D eigenvalue weighted by atomic mass is 32.2. The second-order valence-corrected chi connectivity index (χ2v) is 6.67. The molecule has 1 aromatic carbocycles. The van der Waals surface area contributed by atoms with Crippen molar-refractivity contribution in [3.63, 3.8) is 0 Å². The van der Waals surface area contributed by atoms with Gasteiger partial charge in [-0.3, -0.25) is 4.79 Å². The Morgan fingerprint density at radius 3 is 2.81 bits per heavy atom. The van der Waals surface area contributed by atoms with E-state index in [1.54, 1.807) is 23.2 Å². The molecule has 0 radical (unpaired) electrons. The van der Waals surface area contributed by atoms with E-state index in [4.69, 9.17) is 5.26 Å². The lowest BCUT2D eigenvalue weighted by atomic mass is 10.2. The number of aryl methyl sites for hydroxylation is 1. The molecule has 0 fully saturated rings. The predicted molar refractivity (Wildman–Crippen MR) is 88.8 cm³/mol. The van der Waals surface area contributed by atoms with Gasteiger partial charge in [0.25, 0.3) is 0 Å². The summed E-state index contributed by atoms with van der Waals surface area (Å²) in [5.74, 6) is 0.880. The second-order valence-electron chi connectivity index (χ2n) is 4.59. The van der Waals surface area contributed by atoms with Gasteiger partial charge >= 0.3 is 0 Å². The first-order valence-corrected chi connectivity index (χ1v) is 8.52. The first-order chi connectivity index (χ1) is 10.2. The quantitative estimate of drug-likeness (QED) is 0.633. The average molecular weight is 316 g/mol. The molecule has 1 aromatic heterocycles. The molecule has 1 N–H and O–H groups in total. The van der Waals surface area contributed by atoms with Gasteiger partial charge in [0.15, 0.2) is 0 Å². The lowest BCUT2D eigenvalue weighted by Gasteiger charge is -2.04. The molecule has 108 valence electrons. The number of rotatable bonds is 6. The number of thiophene rings is 1. The predicted octanol–water partition coefficient (Wildman–Crippen LogP) is 4.44. The van der Waals surface area contributed by atoms with E-state index in [0.717, 1.165) is 12.2 Å². The van der Waals surface area contributed by atoms with E-state index < -0.39 is 0 Å². The highest BCUT2D eigenvalue weighted by Crippen LogP contribution is 2.23. The largest absolute Gasteiger partial charge is 0.317 e. The summed E-state index contributed by atoms with van der Waals surface area (Å²) in [4.78, 5) is 13.0. The summed E-state index contributed by atoms with van der Waals surface area (Å²) in [6.07, 6.45) is 1.29. The van der Waals surface area contributed by atoms with E-state index in [1.165, 1.54) is 21.8 Å². The summed E-state index contributed by atoms with van der Waals surface area (Å²) in [5.41, 5.74) is 1.78. The number of nitriles is 1. The first kappa shape index (κ1) is 15.6. The van der Waals surface area contributed by atoms with Crippen LogP contribution in [0.5, 0.6) is 0 Å². The molecule has 0 saturated heterocycles. The van der Waals surface area contributed by atoms with Gasteiger partial charge < -0.3 is 5.32 Å². The molecule has 0 saturated carbocycles. The second kappa shape index (κ2) is 7.87. The Kier molecular flexibility index (Phi) is 5.85. The Morgan fingerprint density at radius 2 is 2.10 bits per heavy atom. The molecule has 1 heterocycles. The number of hydrogen-bond donors (Lipinski definition) is 1. The molecular formula is C16H16N2OS2. The fourth-order valence-electron chi connectivity index (χ4n) is 1.74. The van der Waals surface area contributed by atoms with Gasteiger partial charge in [-0.05, 0) is 42.7 Å². The smallest absolute Gasteiger partial charge is 0.225 e. The number of carbonyl (C=O) groups is 1. The number of amides is 1. The third kappa shape index (κ3) is 4.92. The van der Waals surface area contributed by atoms with E-state index in [2.05, 4.69) is 42.6 Å². The van der Waals surface area contributed by atoms with Gasteiger partial charge in [-0.2, -0.15) is 5.26 Å². The van der Waals surface area contributed by atoms with Gasteiger partial charge in [-0.1, -0.05) is 17.7 Å². The van der Waals surface area contributed by atoms with Crippen LogP contribution in [0.2, 0.25) is 0 Å². The van der Waals surface area contributed by atoms with Gasteiger partial charge in [0.1, 0.15) is 11.1 Å². The van der Waals surface area contributed by atoms with Crippen LogP contribution in [0, 0.1) is 18.3 Å². The maximum atomic E-state index is 11.8. The van der Waals surface area contributed by atoms with Crippen molar-refractivity contribution < 1.29 is 4.79 Å². The Balaban J connectivity index is 1.70. The molecule has 21 heavy (non-hydrogen) atoms. The lowest BCUT2D eigenvalue weighted by molar-refractivity contribution is -0.116. The number of thioether (sulfide) groups is 1. The summed E-state index contributed by atoms with van der Waals surface area (Å²) in [6.45, 7) is 2.07. The van der Waals surface area contributed by atoms with Crippen molar-refractivity contribution in [2.45, 2.75) is 24.7 Å². The highest BCUT2D eigenvalue weighted by molar-refractivity contribution is 7.99. The van der Waals surface area contributed by atoms with E-state index in [9.17, 15) is 4.79 Å².